The molecule has 0 aromatic rings. The van der Waals surface area contributed by atoms with Crippen molar-refractivity contribution in [2.24, 2.45) is 5.92 Å². The van der Waals surface area contributed by atoms with Crippen molar-refractivity contribution in [3.8, 4) is 0 Å². The Kier molecular flexibility index (Phi) is 6.72. The number of nitrogens with zero attached hydrogens (tertiary/aromatic N) is 1. The predicted molar refractivity (Wildman–Crippen MR) is 59.0 cm³/mol. The molecule has 0 saturated heterocycles. The minimum atomic E-state index is -4.43. The fourth-order valence-corrected chi connectivity index (χ4v) is 1.46. The third-order valence-corrected chi connectivity index (χ3v) is 2.09. The molecule has 0 atom stereocenters. The summed E-state index contributed by atoms with van der Waals surface area (Å²) in [7, 11) is 0. The molecular formula is C11H18F3NO3. The van der Waals surface area contributed by atoms with E-state index >= 15 is 0 Å². The molecule has 0 radical (unpaired) electrons. The highest BCUT2D eigenvalue weighted by Gasteiger charge is 2.32. The van der Waals surface area contributed by atoms with Crippen LogP contribution in [0.25, 0.3) is 0 Å². The van der Waals surface area contributed by atoms with E-state index in [0.717, 1.165) is 4.90 Å². The molecule has 4 nitrogen and oxygen atoms in total. The van der Waals surface area contributed by atoms with Gasteiger partial charge in [0, 0.05) is 19.4 Å². The van der Waals surface area contributed by atoms with Crippen LogP contribution in [0, 0.1) is 5.92 Å². The van der Waals surface area contributed by atoms with Gasteiger partial charge in [0.25, 0.3) is 0 Å². The lowest BCUT2D eigenvalue weighted by Crippen LogP contribution is -2.41. The van der Waals surface area contributed by atoms with E-state index < -0.39 is 24.6 Å². The number of alkyl halides is 3. The van der Waals surface area contributed by atoms with Gasteiger partial charge < -0.3 is 10.0 Å². The van der Waals surface area contributed by atoms with E-state index in [0.29, 0.717) is 0 Å². The van der Waals surface area contributed by atoms with Gasteiger partial charge in [0.1, 0.15) is 6.54 Å². The summed E-state index contributed by atoms with van der Waals surface area (Å²) in [6, 6.07) is 0. The number of carboxylic acids is 1. The van der Waals surface area contributed by atoms with Gasteiger partial charge in [-0.05, 0) is 12.3 Å². The zero-order valence-corrected chi connectivity index (χ0v) is 10.5. The quantitative estimate of drug-likeness (QED) is 0.771. The average molecular weight is 269 g/mol. The molecule has 1 amide bonds. The molecule has 0 heterocycles. The Morgan fingerprint density at radius 2 is 1.78 bits per heavy atom. The summed E-state index contributed by atoms with van der Waals surface area (Å²) < 4.78 is 36.8. The molecule has 0 saturated carbocycles. The molecule has 0 aromatic heterocycles. The van der Waals surface area contributed by atoms with Crippen molar-refractivity contribution in [1.29, 1.82) is 0 Å². The van der Waals surface area contributed by atoms with Gasteiger partial charge in [0.15, 0.2) is 0 Å². The van der Waals surface area contributed by atoms with E-state index in [1.54, 1.807) is 13.8 Å². The molecule has 18 heavy (non-hydrogen) atoms. The van der Waals surface area contributed by atoms with Crippen LogP contribution in [0.2, 0.25) is 0 Å². The summed E-state index contributed by atoms with van der Waals surface area (Å²) >= 11 is 0. The van der Waals surface area contributed by atoms with Crippen LogP contribution in [0.3, 0.4) is 0 Å². The molecule has 106 valence electrons. The van der Waals surface area contributed by atoms with Gasteiger partial charge in [0.2, 0.25) is 5.91 Å². The largest absolute Gasteiger partial charge is 0.481 e. The topological polar surface area (TPSA) is 57.6 Å². The fraction of sp³-hybridized carbons (Fsp3) is 0.818. The van der Waals surface area contributed by atoms with Gasteiger partial charge >= 0.3 is 12.1 Å². The number of rotatable bonds is 7. The zero-order chi connectivity index (χ0) is 14.3. The summed E-state index contributed by atoms with van der Waals surface area (Å²) in [5.41, 5.74) is 0. The smallest absolute Gasteiger partial charge is 0.406 e. The van der Waals surface area contributed by atoms with E-state index in [1.165, 1.54) is 0 Å². The predicted octanol–water partition coefficient (Wildman–Crippen LogP) is 2.29. The first-order valence-electron chi connectivity index (χ1n) is 5.68. The minimum absolute atomic E-state index is 0.0193. The van der Waals surface area contributed by atoms with Crippen molar-refractivity contribution in [3.05, 3.63) is 0 Å². The SMILES string of the molecule is CC(C)CN(CC(F)(F)F)C(=O)CCCC(=O)O. The summed E-state index contributed by atoms with van der Waals surface area (Å²) in [5.74, 6) is -1.79. The third kappa shape index (κ3) is 8.83. The van der Waals surface area contributed by atoms with E-state index in [9.17, 15) is 22.8 Å². The number of hydrogen-bond acceptors (Lipinski definition) is 2. The standard InChI is InChI=1S/C11H18F3NO3/c1-8(2)6-15(7-11(12,13)14)9(16)4-3-5-10(17)18/h8H,3-7H2,1-2H3,(H,17,18). The lowest BCUT2D eigenvalue weighted by molar-refractivity contribution is -0.162. The van der Waals surface area contributed by atoms with Crippen LogP contribution in [-0.2, 0) is 9.59 Å². The van der Waals surface area contributed by atoms with Crippen molar-refractivity contribution in [2.45, 2.75) is 39.3 Å². The van der Waals surface area contributed by atoms with Gasteiger partial charge in [-0.3, -0.25) is 9.59 Å². The Hall–Kier alpha value is -1.27. The number of halogens is 3. The van der Waals surface area contributed by atoms with Crippen molar-refractivity contribution >= 4 is 11.9 Å². The molecular weight excluding hydrogens is 251 g/mol. The first kappa shape index (κ1) is 16.7. The number of amides is 1. The lowest BCUT2D eigenvalue weighted by Gasteiger charge is -2.25. The van der Waals surface area contributed by atoms with Crippen molar-refractivity contribution in [1.82, 2.24) is 4.90 Å². The monoisotopic (exact) mass is 269 g/mol. The molecule has 0 aliphatic rings. The zero-order valence-electron chi connectivity index (χ0n) is 10.5. The molecule has 1 N–H and O–H groups in total. The van der Waals surface area contributed by atoms with Crippen LogP contribution in [0.15, 0.2) is 0 Å². The maximum atomic E-state index is 12.3. The second kappa shape index (κ2) is 7.23. The number of aliphatic carboxylic acids is 1. The highest BCUT2D eigenvalue weighted by atomic mass is 19.4. The highest BCUT2D eigenvalue weighted by molar-refractivity contribution is 5.77. The Labute approximate surface area is 104 Å². The molecule has 0 bridgehead atoms. The molecule has 0 fully saturated rings. The number of carboxylic acid groups (broad SMARTS) is 1. The van der Waals surface area contributed by atoms with Gasteiger partial charge in [-0.25, -0.2) is 0 Å². The van der Waals surface area contributed by atoms with Crippen LogP contribution in [0.4, 0.5) is 13.2 Å². The first-order chi connectivity index (χ1) is 8.11. The Morgan fingerprint density at radius 1 is 1.22 bits per heavy atom. The Balaban J connectivity index is 4.36. The van der Waals surface area contributed by atoms with Crippen LogP contribution in [0.5, 0.6) is 0 Å². The van der Waals surface area contributed by atoms with Crippen LogP contribution < -0.4 is 0 Å². The fourth-order valence-electron chi connectivity index (χ4n) is 1.46. The summed E-state index contributed by atoms with van der Waals surface area (Å²) in [4.78, 5) is 22.6. The molecule has 0 aromatic carbocycles. The average Bonchev–Trinajstić information content (AvgIpc) is 2.12. The molecule has 7 heteroatoms. The lowest BCUT2D eigenvalue weighted by atomic mass is 10.1. The molecule has 0 aliphatic heterocycles. The third-order valence-electron chi connectivity index (χ3n) is 2.09. The van der Waals surface area contributed by atoms with Crippen LogP contribution >= 0.6 is 0 Å². The number of carbonyl (C=O) groups is 2. The van der Waals surface area contributed by atoms with E-state index in [1.807, 2.05) is 0 Å². The van der Waals surface area contributed by atoms with Gasteiger partial charge in [0.05, 0.1) is 0 Å². The number of carbonyl (C=O) groups excluding carboxylic acids is 1. The first-order valence-corrected chi connectivity index (χ1v) is 5.68. The van der Waals surface area contributed by atoms with Gasteiger partial charge in [-0.1, -0.05) is 13.8 Å². The minimum Gasteiger partial charge on any atom is -0.481 e. The van der Waals surface area contributed by atoms with E-state index in [-0.39, 0.29) is 31.7 Å². The normalized spacial score (nSPS) is 11.7. The number of hydrogen-bond donors (Lipinski definition) is 1. The molecule has 0 aliphatic carbocycles. The van der Waals surface area contributed by atoms with Crippen molar-refractivity contribution in [2.75, 3.05) is 13.1 Å². The van der Waals surface area contributed by atoms with Crippen LogP contribution in [-0.4, -0.2) is 41.1 Å². The second-order valence-corrected chi connectivity index (χ2v) is 4.53. The molecule has 0 spiro atoms. The molecule has 0 rings (SSSR count). The summed E-state index contributed by atoms with van der Waals surface area (Å²) in [6.45, 7) is 2.17. The molecule has 0 unspecified atom stereocenters. The maximum absolute atomic E-state index is 12.3. The summed E-state index contributed by atoms with van der Waals surface area (Å²) in [5, 5.41) is 8.39. The van der Waals surface area contributed by atoms with Crippen LogP contribution in [0.1, 0.15) is 33.1 Å². The maximum Gasteiger partial charge on any atom is 0.406 e. The second-order valence-electron chi connectivity index (χ2n) is 4.53. The van der Waals surface area contributed by atoms with E-state index in [2.05, 4.69) is 0 Å². The Morgan fingerprint density at radius 3 is 2.17 bits per heavy atom. The summed E-state index contributed by atoms with van der Waals surface area (Å²) in [6.07, 6.45) is -4.76. The highest BCUT2D eigenvalue weighted by Crippen LogP contribution is 2.18. The van der Waals surface area contributed by atoms with Gasteiger partial charge in [-0.2, -0.15) is 13.2 Å². The van der Waals surface area contributed by atoms with Crippen molar-refractivity contribution < 1.29 is 27.9 Å². The van der Waals surface area contributed by atoms with Gasteiger partial charge in [-0.15, -0.1) is 0 Å². The van der Waals surface area contributed by atoms with E-state index in [4.69, 9.17) is 5.11 Å². The van der Waals surface area contributed by atoms with Crippen molar-refractivity contribution in [3.63, 3.8) is 0 Å². The Bertz CT molecular complexity index is 290.